The summed E-state index contributed by atoms with van der Waals surface area (Å²) in [6.07, 6.45) is 9.18. The molecule has 1 fully saturated rings. The molecule has 0 radical (unpaired) electrons. The van der Waals surface area contributed by atoms with Crippen molar-refractivity contribution in [2.45, 2.75) is 65.7 Å². The summed E-state index contributed by atoms with van der Waals surface area (Å²) in [5.74, 6) is 0.881. The summed E-state index contributed by atoms with van der Waals surface area (Å²) < 4.78 is 0. The van der Waals surface area contributed by atoms with Crippen LogP contribution in [0.1, 0.15) is 64.9 Å². The van der Waals surface area contributed by atoms with Crippen LogP contribution in [0.15, 0.2) is 30.3 Å². The van der Waals surface area contributed by atoms with Crippen molar-refractivity contribution in [2.24, 2.45) is 22.5 Å². The molecule has 0 atom stereocenters. The van der Waals surface area contributed by atoms with Crippen LogP contribution in [0.5, 0.6) is 0 Å². The van der Waals surface area contributed by atoms with Crippen LogP contribution in [-0.2, 0) is 6.42 Å². The summed E-state index contributed by atoms with van der Waals surface area (Å²) in [6, 6.07) is 10.9. The van der Waals surface area contributed by atoms with Crippen molar-refractivity contribution in [2.75, 3.05) is 6.54 Å². The van der Waals surface area contributed by atoms with Crippen molar-refractivity contribution in [3.05, 3.63) is 35.9 Å². The molecule has 0 aliphatic heterocycles. The molecule has 0 spiro atoms. The van der Waals surface area contributed by atoms with E-state index in [4.69, 9.17) is 5.73 Å². The predicted octanol–water partition coefficient (Wildman–Crippen LogP) is 5.19. The molecule has 0 heterocycles. The molecule has 1 aliphatic carbocycles. The number of hydrogen-bond acceptors (Lipinski definition) is 1. The molecule has 1 aliphatic rings. The number of hydrogen-bond donors (Lipinski definition) is 1. The summed E-state index contributed by atoms with van der Waals surface area (Å²) in [5, 5.41) is 0. The lowest BCUT2D eigenvalue weighted by Gasteiger charge is -2.44. The fourth-order valence-electron chi connectivity index (χ4n) is 3.96. The monoisotopic (exact) mass is 287 g/mol. The number of nitrogens with two attached hydrogens (primary N) is 1. The fraction of sp³-hybridized carbons (Fsp3) is 0.700. The molecule has 1 saturated carbocycles. The first-order valence-corrected chi connectivity index (χ1v) is 8.69. The minimum Gasteiger partial charge on any atom is -0.330 e. The highest BCUT2D eigenvalue weighted by Crippen LogP contribution is 2.47. The van der Waals surface area contributed by atoms with Crippen LogP contribution in [0.3, 0.4) is 0 Å². The Morgan fingerprint density at radius 3 is 2.24 bits per heavy atom. The first-order valence-electron chi connectivity index (χ1n) is 8.69. The van der Waals surface area contributed by atoms with E-state index in [9.17, 15) is 0 Å². The second-order valence-corrected chi connectivity index (χ2v) is 8.18. The molecule has 2 rings (SSSR count). The molecule has 0 bridgehead atoms. The zero-order valence-corrected chi connectivity index (χ0v) is 14.2. The Bertz CT molecular complexity index is 407. The van der Waals surface area contributed by atoms with Crippen LogP contribution in [0.4, 0.5) is 0 Å². The van der Waals surface area contributed by atoms with Gasteiger partial charge in [0.25, 0.3) is 0 Å². The van der Waals surface area contributed by atoms with Gasteiger partial charge in [0.2, 0.25) is 0 Å². The van der Waals surface area contributed by atoms with E-state index >= 15 is 0 Å². The van der Waals surface area contributed by atoms with Gasteiger partial charge in [-0.3, -0.25) is 0 Å². The predicted molar refractivity (Wildman–Crippen MR) is 92.3 cm³/mol. The molecular weight excluding hydrogens is 254 g/mol. The smallest absolute Gasteiger partial charge is 0.00205 e. The Morgan fingerprint density at radius 1 is 1.10 bits per heavy atom. The van der Waals surface area contributed by atoms with Gasteiger partial charge in [-0.25, -0.2) is 0 Å². The quantitative estimate of drug-likeness (QED) is 0.792. The lowest BCUT2D eigenvalue weighted by atomic mass is 9.62. The van der Waals surface area contributed by atoms with Gasteiger partial charge in [0, 0.05) is 0 Å². The fourth-order valence-corrected chi connectivity index (χ4v) is 3.96. The first kappa shape index (κ1) is 16.5. The Balaban J connectivity index is 1.83. The van der Waals surface area contributed by atoms with E-state index < -0.39 is 0 Å². The van der Waals surface area contributed by atoms with E-state index in [1.54, 1.807) is 0 Å². The van der Waals surface area contributed by atoms with Gasteiger partial charge in [-0.1, -0.05) is 51.1 Å². The van der Waals surface area contributed by atoms with Gasteiger partial charge in [-0.15, -0.1) is 0 Å². The second-order valence-electron chi connectivity index (χ2n) is 8.18. The topological polar surface area (TPSA) is 26.0 Å². The van der Waals surface area contributed by atoms with Crippen molar-refractivity contribution < 1.29 is 0 Å². The minimum absolute atomic E-state index is 0.427. The summed E-state index contributed by atoms with van der Waals surface area (Å²) >= 11 is 0. The second kappa shape index (κ2) is 6.96. The maximum absolute atomic E-state index is 6.17. The van der Waals surface area contributed by atoms with Gasteiger partial charge in [0.15, 0.2) is 0 Å². The molecule has 0 saturated heterocycles. The Hall–Kier alpha value is -0.820. The number of benzene rings is 1. The van der Waals surface area contributed by atoms with E-state index in [-0.39, 0.29) is 0 Å². The van der Waals surface area contributed by atoms with E-state index in [0.717, 1.165) is 12.5 Å². The van der Waals surface area contributed by atoms with Crippen molar-refractivity contribution in [3.63, 3.8) is 0 Å². The lowest BCUT2D eigenvalue weighted by molar-refractivity contribution is 0.0847. The molecule has 0 aromatic heterocycles. The Morgan fingerprint density at radius 2 is 1.71 bits per heavy atom. The van der Waals surface area contributed by atoms with E-state index in [1.165, 1.54) is 50.5 Å². The van der Waals surface area contributed by atoms with E-state index in [0.29, 0.717) is 10.8 Å². The van der Waals surface area contributed by atoms with Gasteiger partial charge in [0.05, 0.1) is 0 Å². The van der Waals surface area contributed by atoms with E-state index in [2.05, 4.69) is 51.1 Å². The zero-order chi connectivity index (χ0) is 15.3. The maximum Gasteiger partial charge on any atom is -0.00205 e. The van der Waals surface area contributed by atoms with E-state index in [1.807, 2.05) is 0 Å². The molecule has 2 N–H and O–H groups in total. The van der Waals surface area contributed by atoms with Gasteiger partial charge in [0.1, 0.15) is 0 Å². The highest BCUT2D eigenvalue weighted by atomic mass is 14.6. The average Bonchev–Trinajstić information content (AvgIpc) is 2.48. The Kier molecular flexibility index (Phi) is 5.48. The highest BCUT2D eigenvalue weighted by Gasteiger charge is 2.37. The van der Waals surface area contributed by atoms with Crippen LogP contribution < -0.4 is 5.73 Å². The standard InChI is InChI=1S/C20H33N/c1-19(2,3)18-11-14-20(16-21,15-12-18)13-7-10-17-8-5-4-6-9-17/h4-6,8-9,18H,7,10-16,21H2,1-3H3. The number of aryl methyl sites for hydroxylation is 1. The van der Waals surface area contributed by atoms with Crippen LogP contribution >= 0.6 is 0 Å². The van der Waals surface area contributed by atoms with Crippen molar-refractivity contribution in [1.82, 2.24) is 0 Å². The lowest BCUT2D eigenvalue weighted by Crippen LogP contribution is -2.37. The van der Waals surface area contributed by atoms with Crippen LogP contribution in [-0.4, -0.2) is 6.54 Å². The van der Waals surface area contributed by atoms with Gasteiger partial charge >= 0.3 is 0 Å². The Labute approximate surface area is 131 Å². The van der Waals surface area contributed by atoms with Crippen molar-refractivity contribution >= 4 is 0 Å². The molecule has 1 aromatic carbocycles. The summed E-state index contributed by atoms with van der Waals surface area (Å²) in [4.78, 5) is 0. The molecule has 0 amide bonds. The zero-order valence-electron chi connectivity index (χ0n) is 14.2. The highest BCUT2D eigenvalue weighted by molar-refractivity contribution is 5.14. The summed E-state index contributed by atoms with van der Waals surface area (Å²) in [6.45, 7) is 8.05. The molecule has 1 aromatic rings. The van der Waals surface area contributed by atoms with Crippen LogP contribution in [0.25, 0.3) is 0 Å². The third kappa shape index (κ3) is 4.57. The molecular formula is C20H33N. The third-order valence-electron chi connectivity index (χ3n) is 5.72. The normalized spacial score (nSPS) is 26.8. The molecule has 118 valence electrons. The summed E-state index contributed by atoms with van der Waals surface area (Å²) in [7, 11) is 0. The first-order chi connectivity index (χ1) is 9.95. The minimum atomic E-state index is 0.427. The van der Waals surface area contributed by atoms with Gasteiger partial charge in [-0.05, 0) is 73.8 Å². The molecule has 0 unspecified atom stereocenters. The molecule has 1 nitrogen and oxygen atoms in total. The number of rotatable bonds is 5. The third-order valence-corrected chi connectivity index (χ3v) is 5.72. The SMILES string of the molecule is CC(C)(C)C1CCC(CN)(CCCc2ccccc2)CC1. The van der Waals surface area contributed by atoms with Gasteiger partial charge < -0.3 is 5.73 Å². The van der Waals surface area contributed by atoms with Crippen molar-refractivity contribution in [3.8, 4) is 0 Å². The maximum atomic E-state index is 6.17. The van der Waals surface area contributed by atoms with Crippen LogP contribution in [0, 0.1) is 16.7 Å². The largest absolute Gasteiger partial charge is 0.330 e. The molecule has 1 heteroatoms. The van der Waals surface area contributed by atoms with Crippen LogP contribution in [0.2, 0.25) is 0 Å². The average molecular weight is 287 g/mol. The van der Waals surface area contributed by atoms with Crippen molar-refractivity contribution in [1.29, 1.82) is 0 Å². The molecule has 21 heavy (non-hydrogen) atoms. The summed E-state index contributed by atoms with van der Waals surface area (Å²) in [5.41, 5.74) is 8.53. The van der Waals surface area contributed by atoms with Gasteiger partial charge in [-0.2, -0.15) is 0 Å².